The summed E-state index contributed by atoms with van der Waals surface area (Å²) in [6.07, 6.45) is 16.7. The molecule has 136 valence electrons. The van der Waals surface area contributed by atoms with Gasteiger partial charge >= 0.3 is 0 Å². The second-order valence-corrected chi connectivity index (χ2v) is 9.67. The van der Waals surface area contributed by atoms with Crippen molar-refractivity contribution in [1.29, 1.82) is 0 Å². The van der Waals surface area contributed by atoms with E-state index in [4.69, 9.17) is 9.47 Å². The summed E-state index contributed by atoms with van der Waals surface area (Å²) in [5.41, 5.74) is 7.89. The molecule has 2 heteroatoms. The first-order valence-corrected chi connectivity index (χ1v) is 10.3. The van der Waals surface area contributed by atoms with Gasteiger partial charge in [-0.15, -0.1) is 0 Å². The van der Waals surface area contributed by atoms with Gasteiger partial charge in [0.25, 0.3) is 0 Å². The third kappa shape index (κ3) is 1.59. The predicted molar refractivity (Wildman–Crippen MR) is 102 cm³/mol. The number of rotatable bonds is 0. The van der Waals surface area contributed by atoms with Crippen LogP contribution in [0.1, 0.15) is 86.8 Å². The average molecular weight is 348 g/mol. The van der Waals surface area contributed by atoms with Gasteiger partial charge in [-0.2, -0.15) is 0 Å². The van der Waals surface area contributed by atoms with Crippen LogP contribution >= 0.6 is 0 Å². The molecular weight excluding hydrogens is 320 g/mol. The Morgan fingerprint density at radius 1 is 0.538 bits per heavy atom. The monoisotopic (exact) mass is 348 g/mol. The van der Waals surface area contributed by atoms with Crippen molar-refractivity contribution in [3.05, 3.63) is 57.7 Å². The number of hydrogen-bond donors (Lipinski definition) is 0. The lowest BCUT2D eigenvalue weighted by Gasteiger charge is -2.33. The van der Waals surface area contributed by atoms with E-state index in [0.717, 1.165) is 12.8 Å². The molecule has 1 aliphatic carbocycles. The minimum atomic E-state index is -0.273. The summed E-state index contributed by atoms with van der Waals surface area (Å²) in [6.45, 7) is 9.06. The minimum absolute atomic E-state index is 0.273. The highest BCUT2D eigenvalue weighted by atomic mass is 16.5. The van der Waals surface area contributed by atoms with E-state index < -0.39 is 0 Å². The first-order valence-electron chi connectivity index (χ1n) is 10.3. The van der Waals surface area contributed by atoms with Crippen LogP contribution in [0.3, 0.4) is 0 Å². The van der Waals surface area contributed by atoms with E-state index in [0.29, 0.717) is 0 Å². The molecule has 1 aromatic rings. The van der Waals surface area contributed by atoms with Gasteiger partial charge in [0.1, 0.15) is 22.4 Å². The fourth-order valence-electron chi connectivity index (χ4n) is 6.69. The van der Waals surface area contributed by atoms with Crippen molar-refractivity contribution >= 4 is 0 Å². The molecule has 0 unspecified atom stereocenters. The van der Waals surface area contributed by atoms with Crippen LogP contribution in [0, 0.1) is 0 Å². The standard InChI is InChI=1S/C24H28O2/c1-21-11-12-22(2,25-21)18-16-10-8-6-5-7-9-15(17(18)21)19-20(16)24(4)14-13-23(19,3)26-24/h11-14H,5-10H2,1-4H3/t21-,22+,23+,24-. The van der Waals surface area contributed by atoms with Crippen molar-refractivity contribution in [1.82, 2.24) is 0 Å². The number of ether oxygens (including phenoxy) is 2. The van der Waals surface area contributed by atoms with Crippen molar-refractivity contribution in [3.63, 3.8) is 0 Å². The smallest absolute Gasteiger partial charge is 0.111 e. The molecule has 4 heterocycles. The first-order chi connectivity index (χ1) is 12.3. The molecule has 1 aromatic carbocycles. The Balaban J connectivity index is 1.78. The van der Waals surface area contributed by atoms with Gasteiger partial charge in [0.15, 0.2) is 0 Å². The lowest BCUT2D eigenvalue weighted by Crippen LogP contribution is -2.27. The quantitative estimate of drug-likeness (QED) is 0.584. The first kappa shape index (κ1) is 15.7. The van der Waals surface area contributed by atoms with Crippen LogP contribution in [0.2, 0.25) is 0 Å². The van der Waals surface area contributed by atoms with E-state index in [1.165, 1.54) is 59.1 Å². The zero-order valence-corrected chi connectivity index (χ0v) is 16.4. The van der Waals surface area contributed by atoms with E-state index in [2.05, 4.69) is 52.0 Å². The predicted octanol–water partition coefficient (Wildman–Crippen LogP) is 5.41. The van der Waals surface area contributed by atoms with Crippen LogP contribution in [0.25, 0.3) is 0 Å². The molecule has 0 fully saturated rings. The van der Waals surface area contributed by atoms with Crippen LogP contribution in [-0.4, -0.2) is 0 Å². The third-order valence-electron chi connectivity index (χ3n) is 7.58. The third-order valence-corrected chi connectivity index (χ3v) is 7.58. The summed E-state index contributed by atoms with van der Waals surface area (Å²) in [7, 11) is 0. The van der Waals surface area contributed by atoms with Gasteiger partial charge in [0, 0.05) is 0 Å². The molecule has 0 amide bonds. The molecule has 6 rings (SSSR count). The molecule has 0 aromatic heterocycles. The molecule has 4 atom stereocenters. The maximum atomic E-state index is 6.68. The van der Waals surface area contributed by atoms with E-state index in [1.54, 1.807) is 0 Å². The average Bonchev–Trinajstić information content (AvgIpc) is 3.23. The lowest BCUT2D eigenvalue weighted by molar-refractivity contribution is -0.0540. The van der Waals surface area contributed by atoms with Crippen molar-refractivity contribution in [2.45, 2.75) is 88.6 Å². The Morgan fingerprint density at radius 3 is 1.15 bits per heavy atom. The van der Waals surface area contributed by atoms with Crippen molar-refractivity contribution in [2.24, 2.45) is 0 Å². The zero-order valence-electron chi connectivity index (χ0n) is 16.4. The molecule has 6 bridgehead atoms. The molecule has 5 aliphatic rings. The second kappa shape index (κ2) is 4.36. The Kier molecular flexibility index (Phi) is 2.63. The fraction of sp³-hybridized carbons (Fsp3) is 0.583. The highest BCUT2D eigenvalue weighted by molar-refractivity contribution is 5.68. The van der Waals surface area contributed by atoms with Gasteiger partial charge in [-0.1, -0.05) is 12.8 Å². The van der Waals surface area contributed by atoms with Crippen molar-refractivity contribution < 1.29 is 9.47 Å². The Morgan fingerprint density at radius 2 is 0.846 bits per heavy atom. The molecule has 0 N–H and O–H groups in total. The topological polar surface area (TPSA) is 18.5 Å². The minimum Gasteiger partial charge on any atom is -0.351 e. The molecule has 0 spiro atoms. The molecule has 0 saturated heterocycles. The summed E-state index contributed by atoms with van der Waals surface area (Å²) >= 11 is 0. The van der Waals surface area contributed by atoms with Crippen molar-refractivity contribution in [3.8, 4) is 0 Å². The molecule has 26 heavy (non-hydrogen) atoms. The number of benzene rings is 1. The Hall–Kier alpha value is -1.38. The molecular formula is C24H28O2. The molecule has 0 saturated carbocycles. The van der Waals surface area contributed by atoms with Gasteiger partial charge in [0.05, 0.1) is 0 Å². The highest BCUT2D eigenvalue weighted by Crippen LogP contribution is 2.64. The van der Waals surface area contributed by atoms with E-state index in [-0.39, 0.29) is 22.4 Å². The maximum absolute atomic E-state index is 6.68. The number of fused-ring (bicyclic) bond motifs is 9. The molecule has 0 radical (unpaired) electrons. The normalized spacial score (nSPS) is 44.0. The number of hydrogen-bond acceptors (Lipinski definition) is 2. The van der Waals surface area contributed by atoms with E-state index >= 15 is 0 Å². The fourth-order valence-corrected chi connectivity index (χ4v) is 6.69. The maximum Gasteiger partial charge on any atom is 0.111 e. The summed E-state index contributed by atoms with van der Waals surface area (Å²) in [5.74, 6) is 0. The Labute approximate surface area is 156 Å². The largest absolute Gasteiger partial charge is 0.351 e. The highest BCUT2D eigenvalue weighted by Gasteiger charge is 2.59. The van der Waals surface area contributed by atoms with E-state index in [9.17, 15) is 0 Å². The van der Waals surface area contributed by atoms with Crippen LogP contribution in [0.5, 0.6) is 0 Å². The van der Waals surface area contributed by atoms with Crippen LogP contribution in [0.15, 0.2) is 24.3 Å². The zero-order chi connectivity index (χ0) is 17.9. The summed E-state index contributed by atoms with van der Waals surface area (Å²) < 4.78 is 13.4. The van der Waals surface area contributed by atoms with E-state index in [1.807, 2.05) is 0 Å². The van der Waals surface area contributed by atoms with Crippen LogP contribution in [-0.2, 0) is 44.7 Å². The summed E-state index contributed by atoms with van der Waals surface area (Å²) in [5, 5.41) is 0. The summed E-state index contributed by atoms with van der Waals surface area (Å²) in [6, 6.07) is 0. The SMILES string of the molecule is C[C@]12C=C[C@](C)(O1)c1c3c4c(c(c12)CCCCCC3)[C@]1(C)C=C[C@@]4(C)O1. The summed E-state index contributed by atoms with van der Waals surface area (Å²) in [4.78, 5) is 0. The van der Waals surface area contributed by atoms with Gasteiger partial charge in [-0.05, 0) is 111 Å². The van der Waals surface area contributed by atoms with Crippen LogP contribution in [0.4, 0.5) is 0 Å². The van der Waals surface area contributed by atoms with Crippen molar-refractivity contribution in [2.75, 3.05) is 0 Å². The van der Waals surface area contributed by atoms with Gasteiger partial charge in [-0.25, -0.2) is 0 Å². The molecule has 2 nitrogen and oxygen atoms in total. The molecule has 4 aliphatic heterocycles. The van der Waals surface area contributed by atoms with Gasteiger partial charge in [-0.3, -0.25) is 0 Å². The Bertz CT molecular complexity index is 789. The van der Waals surface area contributed by atoms with Gasteiger partial charge in [0.2, 0.25) is 0 Å². The van der Waals surface area contributed by atoms with Gasteiger partial charge < -0.3 is 9.47 Å². The lowest BCUT2D eigenvalue weighted by atomic mass is 9.67. The van der Waals surface area contributed by atoms with Crippen LogP contribution < -0.4 is 0 Å². The second-order valence-electron chi connectivity index (χ2n) is 9.67.